The van der Waals surface area contributed by atoms with Gasteiger partial charge in [-0.05, 0) is 56.2 Å². The molecule has 1 unspecified atom stereocenters. The monoisotopic (exact) mass is 406 g/mol. The van der Waals surface area contributed by atoms with E-state index in [-0.39, 0.29) is 17.9 Å². The largest absolute Gasteiger partial charge is 0.334 e. The Morgan fingerprint density at radius 1 is 0.967 bits per heavy atom. The number of hydrogen-bond acceptors (Lipinski definition) is 3. The summed E-state index contributed by atoms with van der Waals surface area (Å²) < 4.78 is 0. The molecule has 2 amide bonds. The average molecular weight is 407 g/mol. The number of carbonyl (C=O) groups is 2. The van der Waals surface area contributed by atoms with E-state index >= 15 is 0 Å². The fraction of sp³-hybridized carbons (Fsp3) is 0.542. The van der Waals surface area contributed by atoms with Crippen molar-refractivity contribution >= 4 is 17.5 Å². The minimum absolute atomic E-state index is 0.00749. The molecule has 3 heterocycles. The van der Waals surface area contributed by atoms with Crippen molar-refractivity contribution in [2.24, 2.45) is 5.92 Å². The maximum absolute atomic E-state index is 13.2. The van der Waals surface area contributed by atoms with Crippen molar-refractivity contribution < 1.29 is 9.59 Å². The summed E-state index contributed by atoms with van der Waals surface area (Å²) in [6.07, 6.45) is 9.57. The van der Waals surface area contributed by atoms with Crippen LogP contribution in [-0.4, -0.2) is 40.0 Å². The Balaban J connectivity index is 1.34. The second-order valence-corrected chi connectivity index (χ2v) is 8.92. The lowest BCUT2D eigenvalue weighted by Crippen LogP contribution is -2.42. The van der Waals surface area contributed by atoms with Crippen LogP contribution in [0.1, 0.15) is 79.2 Å². The summed E-state index contributed by atoms with van der Waals surface area (Å²) in [6, 6.07) is 9.94. The number of para-hydroxylation sites is 1. The molecule has 1 aromatic heterocycles. The van der Waals surface area contributed by atoms with E-state index in [2.05, 4.69) is 21.2 Å². The summed E-state index contributed by atoms with van der Waals surface area (Å²) in [5.41, 5.74) is 3.53. The number of piperidine rings is 1. The highest BCUT2D eigenvalue weighted by atomic mass is 16.2. The summed E-state index contributed by atoms with van der Waals surface area (Å²) in [4.78, 5) is 30.3. The highest BCUT2D eigenvalue weighted by Gasteiger charge is 2.35. The van der Waals surface area contributed by atoms with Gasteiger partial charge in [0.1, 0.15) is 0 Å². The zero-order valence-corrected chi connectivity index (χ0v) is 17.5. The predicted octanol–water partition coefficient (Wildman–Crippen LogP) is 4.25. The molecule has 0 bridgehead atoms. The van der Waals surface area contributed by atoms with Crippen LogP contribution in [0.15, 0.2) is 30.3 Å². The van der Waals surface area contributed by atoms with Crippen LogP contribution < -0.4 is 4.90 Å². The first-order chi connectivity index (χ1) is 14.7. The molecule has 3 aliphatic rings. The van der Waals surface area contributed by atoms with Crippen molar-refractivity contribution in [3.05, 3.63) is 47.3 Å². The fourth-order valence-electron chi connectivity index (χ4n) is 5.41. The Morgan fingerprint density at radius 3 is 2.63 bits per heavy atom. The van der Waals surface area contributed by atoms with E-state index in [1.165, 1.54) is 12.0 Å². The number of carbonyl (C=O) groups excluding carboxylic acids is 2. The summed E-state index contributed by atoms with van der Waals surface area (Å²) >= 11 is 0. The SMILES string of the molecule is O=C(c1cc(C2CCCCN2C(=O)C2CCCCC2)[nH]n1)N1CCc2ccccc21. The summed E-state index contributed by atoms with van der Waals surface area (Å²) in [6.45, 7) is 1.50. The van der Waals surface area contributed by atoms with E-state index in [0.29, 0.717) is 18.1 Å². The second kappa shape index (κ2) is 8.25. The van der Waals surface area contributed by atoms with Gasteiger partial charge in [0, 0.05) is 24.7 Å². The number of nitrogens with one attached hydrogen (secondary N) is 1. The van der Waals surface area contributed by atoms with Gasteiger partial charge in [-0.25, -0.2) is 0 Å². The Kier molecular flexibility index (Phi) is 5.32. The van der Waals surface area contributed by atoms with Gasteiger partial charge in [-0.2, -0.15) is 5.10 Å². The molecule has 158 valence electrons. The number of fused-ring (bicyclic) bond motifs is 1. The van der Waals surface area contributed by atoms with Gasteiger partial charge in [0.25, 0.3) is 5.91 Å². The molecular weight excluding hydrogens is 376 g/mol. The number of amides is 2. The quantitative estimate of drug-likeness (QED) is 0.829. The lowest BCUT2D eigenvalue weighted by atomic mass is 9.87. The van der Waals surface area contributed by atoms with Crippen LogP contribution in [-0.2, 0) is 11.2 Å². The van der Waals surface area contributed by atoms with Crippen LogP contribution in [0.2, 0.25) is 0 Å². The second-order valence-electron chi connectivity index (χ2n) is 8.92. The molecule has 2 aromatic rings. The van der Waals surface area contributed by atoms with Crippen molar-refractivity contribution in [1.29, 1.82) is 0 Å². The number of nitrogens with zero attached hydrogens (tertiary/aromatic N) is 3. The van der Waals surface area contributed by atoms with E-state index in [1.807, 2.05) is 29.2 Å². The summed E-state index contributed by atoms with van der Waals surface area (Å²) in [5, 5.41) is 7.46. The number of anilines is 1. The molecule has 1 atom stereocenters. The van der Waals surface area contributed by atoms with Crippen molar-refractivity contribution in [2.45, 2.75) is 63.8 Å². The molecule has 1 aromatic carbocycles. The van der Waals surface area contributed by atoms with Crippen molar-refractivity contribution in [3.8, 4) is 0 Å². The molecule has 2 aliphatic heterocycles. The highest BCUT2D eigenvalue weighted by Crippen LogP contribution is 2.35. The number of aromatic nitrogens is 2. The van der Waals surface area contributed by atoms with Crippen LogP contribution in [0, 0.1) is 5.92 Å². The maximum atomic E-state index is 13.2. The first-order valence-electron chi connectivity index (χ1n) is 11.5. The van der Waals surface area contributed by atoms with E-state index in [4.69, 9.17) is 0 Å². The van der Waals surface area contributed by atoms with Gasteiger partial charge >= 0.3 is 0 Å². The minimum Gasteiger partial charge on any atom is -0.334 e. The average Bonchev–Trinajstić information content (AvgIpc) is 3.46. The van der Waals surface area contributed by atoms with Crippen LogP contribution in [0.3, 0.4) is 0 Å². The topological polar surface area (TPSA) is 69.3 Å². The molecular formula is C24H30N4O2. The lowest BCUT2D eigenvalue weighted by molar-refractivity contribution is -0.140. The molecule has 5 rings (SSSR count). The molecule has 0 radical (unpaired) electrons. The first kappa shape index (κ1) is 19.3. The molecule has 2 fully saturated rings. The van der Waals surface area contributed by atoms with Crippen LogP contribution in [0.4, 0.5) is 5.69 Å². The van der Waals surface area contributed by atoms with Crippen molar-refractivity contribution in [3.63, 3.8) is 0 Å². The number of aromatic amines is 1. The number of rotatable bonds is 3. The molecule has 6 nitrogen and oxygen atoms in total. The van der Waals surface area contributed by atoms with Gasteiger partial charge in [-0.15, -0.1) is 0 Å². The van der Waals surface area contributed by atoms with E-state index in [0.717, 1.165) is 69.3 Å². The molecule has 6 heteroatoms. The molecule has 1 saturated heterocycles. The van der Waals surface area contributed by atoms with Gasteiger partial charge in [0.05, 0.1) is 11.7 Å². The van der Waals surface area contributed by atoms with Crippen LogP contribution in [0.25, 0.3) is 0 Å². The molecule has 1 aliphatic carbocycles. The number of H-pyrrole nitrogens is 1. The highest BCUT2D eigenvalue weighted by molar-refractivity contribution is 6.06. The van der Waals surface area contributed by atoms with Gasteiger partial charge in [-0.3, -0.25) is 14.7 Å². The smallest absolute Gasteiger partial charge is 0.278 e. The Labute approximate surface area is 177 Å². The number of benzene rings is 1. The van der Waals surface area contributed by atoms with E-state index < -0.39 is 0 Å². The third kappa shape index (κ3) is 3.53. The predicted molar refractivity (Wildman–Crippen MR) is 115 cm³/mol. The lowest BCUT2D eigenvalue weighted by Gasteiger charge is -2.38. The zero-order valence-electron chi connectivity index (χ0n) is 17.5. The third-order valence-electron chi connectivity index (χ3n) is 7.05. The van der Waals surface area contributed by atoms with E-state index in [9.17, 15) is 9.59 Å². The van der Waals surface area contributed by atoms with Crippen molar-refractivity contribution in [2.75, 3.05) is 18.0 Å². The number of likely N-dealkylation sites (tertiary alicyclic amines) is 1. The standard InChI is InChI=1S/C24H30N4O2/c29-23(18-9-2-1-3-10-18)27-14-7-6-12-22(27)19-16-20(26-25-19)24(30)28-15-13-17-8-4-5-11-21(17)28/h4-5,8,11,16,18,22H,1-3,6-7,9-10,12-15H2,(H,25,26). The normalized spacial score (nSPS) is 22.2. The van der Waals surface area contributed by atoms with Gasteiger partial charge in [0.2, 0.25) is 5.91 Å². The first-order valence-corrected chi connectivity index (χ1v) is 11.5. The Morgan fingerprint density at radius 2 is 1.77 bits per heavy atom. The minimum atomic E-state index is -0.0663. The van der Waals surface area contributed by atoms with Gasteiger partial charge in [0.15, 0.2) is 5.69 Å². The van der Waals surface area contributed by atoms with Gasteiger partial charge < -0.3 is 9.80 Å². The molecule has 0 spiro atoms. The summed E-state index contributed by atoms with van der Waals surface area (Å²) in [5.74, 6) is 0.406. The van der Waals surface area contributed by atoms with E-state index in [1.54, 1.807) is 0 Å². The van der Waals surface area contributed by atoms with Gasteiger partial charge in [-0.1, -0.05) is 37.5 Å². The molecule has 30 heavy (non-hydrogen) atoms. The van der Waals surface area contributed by atoms with Crippen molar-refractivity contribution in [1.82, 2.24) is 15.1 Å². The zero-order chi connectivity index (χ0) is 20.5. The Hall–Kier alpha value is -2.63. The third-order valence-corrected chi connectivity index (χ3v) is 7.05. The fourth-order valence-corrected chi connectivity index (χ4v) is 5.41. The summed E-state index contributed by atoms with van der Waals surface area (Å²) in [7, 11) is 0. The number of hydrogen-bond donors (Lipinski definition) is 1. The van der Waals surface area contributed by atoms with Crippen LogP contribution >= 0.6 is 0 Å². The molecule has 1 N–H and O–H groups in total. The molecule has 1 saturated carbocycles. The maximum Gasteiger partial charge on any atom is 0.278 e. The van der Waals surface area contributed by atoms with Crippen LogP contribution in [0.5, 0.6) is 0 Å². The Bertz CT molecular complexity index is 931.